The van der Waals surface area contributed by atoms with Crippen molar-refractivity contribution in [1.82, 2.24) is 4.90 Å². The minimum absolute atomic E-state index is 0.0192. The summed E-state index contributed by atoms with van der Waals surface area (Å²) in [5.41, 5.74) is 2.57. The van der Waals surface area contributed by atoms with Gasteiger partial charge in [-0.2, -0.15) is 0 Å². The van der Waals surface area contributed by atoms with Crippen LogP contribution in [0.15, 0.2) is 127 Å². The highest BCUT2D eigenvalue weighted by atomic mass is 28.3. The van der Waals surface area contributed by atoms with E-state index >= 15 is 4.79 Å². The first-order valence-electron chi connectivity index (χ1n) is 19.7. The summed E-state index contributed by atoms with van der Waals surface area (Å²) >= 11 is 0. The fourth-order valence-electron chi connectivity index (χ4n) is 8.98. The summed E-state index contributed by atoms with van der Waals surface area (Å²) in [6.45, 7) is 7.26. The topological polar surface area (TPSA) is 118 Å². The smallest absolute Gasteiger partial charge is 0.264 e. The molecule has 7 rings (SSSR count). The van der Waals surface area contributed by atoms with E-state index in [1.54, 1.807) is 48.3 Å². The number of amides is 3. The van der Waals surface area contributed by atoms with Crippen LogP contribution < -0.4 is 24.9 Å². The summed E-state index contributed by atoms with van der Waals surface area (Å²) in [4.78, 5) is 46.9. The quantitative estimate of drug-likeness (QED) is 0.115. The maximum atomic E-state index is 15.4. The maximum absolute atomic E-state index is 15.4. The number of aliphatic hydroxyl groups excluding tert-OH is 1. The number of aliphatic hydroxyl groups is 1. The Kier molecular flexibility index (Phi) is 11.9. The molecule has 0 radical (unpaired) electrons. The lowest BCUT2D eigenvalue weighted by atomic mass is 9.82. The maximum Gasteiger partial charge on any atom is 0.264 e. The van der Waals surface area contributed by atoms with Gasteiger partial charge in [-0.1, -0.05) is 98.0 Å². The number of benzene rings is 5. The predicted molar refractivity (Wildman–Crippen MR) is 228 cm³/mol. The minimum Gasteiger partial charge on any atom is -0.497 e. The third-order valence-corrected chi connectivity index (χ3v) is 16.3. The number of hydrogen-bond donors (Lipinski definition) is 2. The van der Waals surface area contributed by atoms with Gasteiger partial charge in [-0.25, -0.2) is 0 Å². The molecule has 58 heavy (non-hydrogen) atoms. The zero-order chi connectivity index (χ0) is 41.0. The zero-order valence-corrected chi connectivity index (χ0v) is 34.7. The van der Waals surface area contributed by atoms with Crippen molar-refractivity contribution in [2.45, 2.75) is 56.8 Å². The number of ether oxygens (including phenoxy) is 3. The second-order valence-corrected chi connectivity index (χ2v) is 20.4. The molecule has 5 aromatic rings. The van der Waals surface area contributed by atoms with Gasteiger partial charge < -0.3 is 34.4 Å². The molecule has 300 valence electrons. The predicted octanol–water partition coefficient (Wildman–Crippen LogP) is 7.13. The molecule has 0 aromatic heterocycles. The Morgan fingerprint density at radius 3 is 2.05 bits per heavy atom. The number of carbonyl (C=O) groups excluding carboxylic acids is 3. The van der Waals surface area contributed by atoms with Crippen LogP contribution in [0.1, 0.15) is 40.4 Å². The summed E-state index contributed by atoms with van der Waals surface area (Å²) in [7, 11) is 0.629. The van der Waals surface area contributed by atoms with E-state index in [0.717, 1.165) is 22.1 Å². The summed E-state index contributed by atoms with van der Waals surface area (Å²) in [5.74, 6) is 0.336. The number of fused-ring (bicyclic) bond motifs is 2. The van der Waals surface area contributed by atoms with Gasteiger partial charge in [-0.15, -0.1) is 0 Å². The highest BCUT2D eigenvalue weighted by molar-refractivity contribution is 6.91. The highest BCUT2D eigenvalue weighted by Crippen LogP contribution is 2.60. The molecule has 2 N–H and O–H groups in total. The van der Waals surface area contributed by atoms with E-state index in [1.807, 2.05) is 91.0 Å². The Morgan fingerprint density at radius 2 is 1.45 bits per heavy atom. The van der Waals surface area contributed by atoms with E-state index in [1.165, 1.54) is 0 Å². The minimum atomic E-state index is -2.59. The average Bonchev–Trinajstić information content (AvgIpc) is 3.66. The number of methoxy groups -OCH3 is 2. The third kappa shape index (κ3) is 7.77. The largest absolute Gasteiger partial charge is 0.497 e. The average molecular weight is 798 g/mol. The first kappa shape index (κ1) is 40.4. The Bertz CT molecular complexity index is 2240. The van der Waals surface area contributed by atoms with Crippen molar-refractivity contribution >= 4 is 42.4 Å². The van der Waals surface area contributed by atoms with Crippen LogP contribution in [0.3, 0.4) is 0 Å². The lowest BCUT2D eigenvalue weighted by Crippen LogP contribution is -2.52. The zero-order valence-electron chi connectivity index (χ0n) is 33.7. The number of carbonyl (C=O) groups is 3. The van der Waals surface area contributed by atoms with E-state index in [4.69, 9.17) is 14.2 Å². The molecule has 10 nitrogen and oxygen atoms in total. The molecule has 5 aromatic carbocycles. The second-order valence-electron chi connectivity index (χ2n) is 15.7. The molecule has 1 saturated heterocycles. The van der Waals surface area contributed by atoms with Crippen molar-refractivity contribution in [3.63, 3.8) is 0 Å². The summed E-state index contributed by atoms with van der Waals surface area (Å²) in [6, 6.07) is 40.1. The Balaban J connectivity index is 1.32. The van der Waals surface area contributed by atoms with Crippen molar-refractivity contribution < 1.29 is 33.7 Å². The van der Waals surface area contributed by atoms with Crippen LogP contribution in [0.2, 0.25) is 18.6 Å². The molecule has 1 fully saturated rings. The highest BCUT2D eigenvalue weighted by Gasteiger charge is 2.66. The van der Waals surface area contributed by atoms with E-state index in [9.17, 15) is 14.7 Å². The van der Waals surface area contributed by atoms with Gasteiger partial charge in [0, 0.05) is 35.8 Å². The number of nitrogens with zero attached hydrogens (tertiary/aromatic N) is 2. The normalized spacial score (nSPS) is 19.9. The van der Waals surface area contributed by atoms with Gasteiger partial charge in [0.15, 0.2) is 5.60 Å². The van der Waals surface area contributed by atoms with Crippen LogP contribution in [0.4, 0.5) is 11.4 Å². The van der Waals surface area contributed by atoms with Crippen LogP contribution in [0.5, 0.6) is 11.5 Å². The lowest BCUT2D eigenvalue weighted by molar-refractivity contribution is -0.150. The van der Waals surface area contributed by atoms with Gasteiger partial charge in [0.25, 0.3) is 11.8 Å². The van der Waals surface area contributed by atoms with Gasteiger partial charge in [0.2, 0.25) is 5.91 Å². The number of anilines is 2. The van der Waals surface area contributed by atoms with Crippen molar-refractivity contribution in [1.29, 1.82) is 0 Å². The van der Waals surface area contributed by atoms with E-state index in [-0.39, 0.29) is 48.8 Å². The van der Waals surface area contributed by atoms with Crippen LogP contribution >= 0.6 is 0 Å². The molecule has 4 atom stereocenters. The molecule has 0 bridgehead atoms. The molecule has 2 aliphatic heterocycles. The van der Waals surface area contributed by atoms with Crippen molar-refractivity contribution in [3.05, 3.63) is 150 Å². The van der Waals surface area contributed by atoms with Gasteiger partial charge in [0.05, 0.1) is 53.7 Å². The van der Waals surface area contributed by atoms with Gasteiger partial charge in [-0.3, -0.25) is 14.4 Å². The molecular weight excluding hydrogens is 747 g/mol. The van der Waals surface area contributed by atoms with E-state index in [2.05, 4.69) is 37.5 Å². The Hall–Kier alpha value is -5.75. The first-order valence-corrected chi connectivity index (χ1v) is 22.8. The first-order chi connectivity index (χ1) is 28.0. The standard InChI is InChI=1S/C47H51N3O7Si/c1-32-44(58(4,5)39-23-21-38(56-3)22-24-39)42(29-43(52)49(26-27-51)30-33-12-8-6-9-13-33)57-47(32)40-28-36(48-45(53)35-16-19-37(55-2)20-17-35)18-25-41(40)50(46(47)54)31-34-14-10-7-11-15-34/h6-25,28,32,42,44,51H,26-27,29-31H2,1-5H3,(H,48,53)/t32-,42+,44-,47+/m0/s1. The van der Waals surface area contributed by atoms with Crippen LogP contribution in [-0.2, 0) is 33.0 Å². The Morgan fingerprint density at radius 1 is 0.845 bits per heavy atom. The molecule has 3 amide bonds. The van der Waals surface area contributed by atoms with Crippen molar-refractivity contribution in [3.8, 4) is 11.5 Å². The van der Waals surface area contributed by atoms with E-state index < -0.39 is 19.8 Å². The molecule has 1 spiro atoms. The third-order valence-electron chi connectivity index (χ3n) is 11.9. The van der Waals surface area contributed by atoms with Crippen LogP contribution in [-0.4, -0.2) is 69.3 Å². The monoisotopic (exact) mass is 797 g/mol. The molecular formula is C47H51N3O7Si. The molecule has 0 saturated carbocycles. The fraction of sp³-hybridized carbons (Fsp3) is 0.298. The molecule has 0 aliphatic carbocycles. The molecule has 11 heteroatoms. The van der Waals surface area contributed by atoms with E-state index in [0.29, 0.717) is 41.3 Å². The van der Waals surface area contributed by atoms with Gasteiger partial charge in [-0.05, 0) is 71.3 Å². The summed E-state index contributed by atoms with van der Waals surface area (Å²) in [6.07, 6.45) is -0.625. The summed E-state index contributed by atoms with van der Waals surface area (Å²) in [5, 5.41) is 14.3. The molecule has 0 unspecified atom stereocenters. The fourth-order valence-corrected chi connectivity index (χ4v) is 13.0. The number of hydrogen-bond acceptors (Lipinski definition) is 7. The molecule has 2 heterocycles. The Labute approximate surface area is 341 Å². The summed E-state index contributed by atoms with van der Waals surface area (Å²) < 4.78 is 18.1. The van der Waals surface area contributed by atoms with Crippen LogP contribution in [0, 0.1) is 5.92 Å². The van der Waals surface area contributed by atoms with Crippen molar-refractivity contribution in [2.24, 2.45) is 5.92 Å². The lowest BCUT2D eigenvalue weighted by Gasteiger charge is -2.37. The van der Waals surface area contributed by atoms with Gasteiger partial charge in [0.1, 0.15) is 11.5 Å². The number of nitrogens with one attached hydrogen (secondary N) is 1. The molecule has 2 aliphatic rings. The van der Waals surface area contributed by atoms with Gasteiger partial charge >= 0.3 is 0 Å². The second kappa shape index (κ2) is 17.0. The van der Waals surface area contributed by atoms with Crippen LogP contribution in [0.25, 0.3) is 0 Å². The van der Waals surface area contributed by atoms with Crippen molar-refractivity contribution in [2.75, 3.05) is 37.6 Å². The SMILES string of the molecule is COc1ccc(C(=O)Nc2ccc3c(c2)[C@@]2(O[C@H](CC(=O)N(CCO)Cc4ccccc4)[C@@H]([Si](C)(C)c4ccc(OC)cc4)[C@@H]2C)C(=O)N3Cc2ccccc2)cc1. The number of rotatable bonds is 14.